The zero-order valence-electron chi connectivity index (χ0n) is 21.2. The first kappa shape index (κ1) is 27.4. The third kappa shape index (κ3) is 5.21. The lowest BCUT2D eigenvalue weighted by Crippen LogP contribution is -2.43. The standard InChI is InChI=1S/C27H27ClIN3O4S/c1-6-31(7-2)26(34)22-15(3)30-27-32(23(22)17-8-10-18(28)11-9-17)25(33)21(37-27)14-16-12-19(29)24(36-5)20(13-16)35-4/h8-14,23H,6-7H2,1-5H3/b21-14+/t23-/m1/s1. The van der Waals surface area contributed by atoms with E-state index in [4.69, 9.17) is 26.1 Å². The second kappa shape index (κ2) is 11.4. The number of amides is 1. The number of carbonyl (C=O) groups excluding carboxylic acids is 1. The van der Waals surface area contributed by atoms with Crippen LogP contribution in [0.25, 0.3) is 6.08 Å². The Morgan fingerprint density at radius 1 is 1.19 bits per heavy atom. The van der Waals surface area contributed by atoms with Gasteiger partial charge in [-0.25, -0.2) is 4.99 Å². The van der Waals surface area contributed by atoms with Crippen molar-refractivity contribution in [3.05, 3.63) is 87.1 Å². The number of likely N-dealkylation sites (N-methyl/N-ethyl adjacent to an activating group) is 1. The van der Waals surface area contributed by atoms with E-state index in [0.717, 1.165) is 14.7 Å². The van der Waals surface area contributed by atoms with Crippen LogP contribution >= 0.6 is 45.5 Å². The summed E-state index contributed by atoms with van der Waals surface area (Å²) in [6.45, 7) is 6.82. The molecule has 1 aromatic heterocycles. The van der Waals surface area contributed by atoms with E-state index in [1.165, 1.54) is 11.3 Å². The molecule has 0 saturated carbocycles. The molecule has 0 aliphatic carbocycles. The van der Waals surface area contributed by atoms with E-state index >= 15 is 0 Å². The SMILES string of the molecule is CCN(CC)C(=O)C1=C(C)N=c2s/c(=C/c3cc(I)c(OC)c(OC)c3)c(=O)n2[C@@H]1c1ccc(Cl)cc1. The van der Waals surface area contributed by atoms with Crippen LogP contribution in [0.3, 0.4) is 0 Å². The van der Waals surface area contributed by atoms with Crippen LogP contribution in [0.4, 0.5) is 0 Å². The van der Waals surface area contributed by atoms with Crippen LogP contribution in [-0.2, 0) is 4.79 Å². The Balaban J connectivity index is 1.95. The zero-order valence-corrected chi connectivity index (χ0v) is 24.9. The van der Waals surface area contributed by atoms with Crippen LogP contribution in [0.5, 0.6) is 11.5 Å². The van der Waals surface area contributed by atoms with E-state index in [1.54, 1.807) is 35.8 Å². The van der Waals surface area contributed by atoms with Gasteiger partial charge in [0.25, 0.3) is 11.5 Å². The summed E-state index contributed by atoms with van der Waals surface area (Å²) >= 11 is 9.63. The Morgan fingerprint density at radius 3 is 2.46 bits per heavy atom. The van der Waals surface area contributed by atoms with Crippen molar-refractivity contribution in [1.29, 1.82) is 0 Å². The van der Waals surface area contributed by atoms with Crippen molar-refractivity contribution in [2.75, 3.05) is 27.3 Å². The minimum Gasteiger partial charge on any atom is -0.493 e. The Bertz CT molecular complexity index is 1560. The number of hydrogen-bond donors (Lipinski definition) is 0. The van der Waals surface area contributed by atoms with Gasteiger partial charge in [-0.1, -0.05) is 35.1 Å². The van der Waals surface area contributed by atoms with Crippen LogP contribution in [0, 0.1) is 3.57 Å². The first-order valence-electron chi connectivity index (χ1n) is 11.7. The Morgan fingerprint density at radius 2 is 1.86 bits per heavy atom. The number of fused-ring (bicyclic) bond motifs is 1. The molecule has 2 aromatic carbocycles. The number of allylic oxidation sites excluding steroid dienone is 1. The predicted molar refractivity (Wildman–Crippen MR) is 155 cm³/mol. The van der Waals surface area contributed by atoms with Gasteiger partial charge in [0.05, 0.1) is 39.6 Å². The summed E-state index contributed by atoms with van der Waals surface area (Å²) in [5.74, 6) is 1.09. The summed E-state index contributed by atoms with van der Waals surface area (Å²) in [4.78, 5) is 34.5. The van der Waals surface area contributed by atoms with Crippen LogP contribution in [0.1, 0.15) is 37.9 Å². The Kier molecular flexibility index (Phi) is 8.45. The minimum atomic E-state index is -0.616. The van der Waals surface area contributed by atoms with Crippen molar-refractivity contribution in [1.82, 2.24) is 9.47 Å². The Labute approximate surface area is 237 Å². The normalized spacial score (nSPS) is 15.3. The van der Waals surface area contributed by atoms with Crippen molar-refractivity contribution < 1.29 is 14.3 Å². The van der Waals surface area contributed by atoms with Crippen molar-refractivity contribution >= 4 is 57.5 Å². The van der Waals surface area contributed by atoms with E-state index in [1.807, 2.05) is 51.1 Å². The monoisotopic (exact) mass is 651 g/mol. The van der Waals surface area contributed by atoms with Gasteiger partial charge in [0.1, 0.15) is 0 Å². The molecular weight excluding hydrogens is 625 g/mol. The van der Waals surface area contributed by atoms with E-state index in [0.29, 0.717) is 50.2 Å². The van der Waals surface area contributed by atoms with Gasteiger partial charge in [-0.05, 0) is 84.8 Å². The largest absolute Gasteiger partial charge is 0.493 e. The molecule has 1 aliphatic heterocycles. The molecule has 3 aromatic rings. The summed E-state index contributed by atoms with van der Waals surface area (Å²) in [5, 5.41) is 0.580. The number of aromatic nitrogens is 1. The quantitative estimate of drug-likeness (QED) is 0.356. The lowest BCUT2D eigenvalue weighted by atomic mass is 9.94. The zero-order chi connectivity index (χ0) is 26.9. The lowest BCUT2D eigenvalue weighted by Gasteiger charge is -2.29. The van der Waals surface area contributed by atoms with Gasteiger partial charge >= 0.3 is 0 Å². The smallest absolute Gasteiger partial charge is 0.271 e. The molecule has 7 nitrogen and oxygen atoms in total. The number of ether oxygens (including phenoxy) is 2. The molecule has 2 heterocycles. The topological polar surface area (TPSA) is 73.1 Å². The summed E-state index contributed by atoms with van der Waals surface area (Å²) in [5.41, 5.74) is 2.47. The minimum absolute atomic E-state index is 0.130. The van der Waals surface area contributed by atoms with Crippen LogP contribution in [0.2, 0.25) is 5.02 Å². The molecule has 37 heavy (non-hydrogen) atoms. The average molecular weight is 652 g/mol. The highest BCUT2D eigenvalue weighted by Crippen LogP contribution is 2.34. The molecular formula is C27H27ClIN3O4S. The Hall–Kier alpha value is -2.63. The van der Waals surface area contributed by atoms with Gasteiger partial charge < -0.3 is 14.4 Å². The van der Waals surface area contributed by atoms with E-state index in [-0.39, 0.29) is 11.5 Å². The van der Waals surface area contributed by atoms with Crippen LogP contribution in [0.15, 0.2) is 57.5 Å². The van der Waals surface area contributed by atoms with Crippen LogP contribution < -0.4 is 24.4 Å². The highest BCUT2D eigenvalue weighted by molar-refractivity contribution is 14.1. The molecule has 0 radical (unpaired) electrons. The van der Waals surface area contributed by atoms with Crippen molar-refractivity contribution in [3.63, 3.8) is 0 Å². The molecule has 194 valence electrons. The number of rotatable bonds is 7. The third-order valence-corrected chi connectivity index (χ3v) is 8.28. The number of methoxy groups -OCH3 is 2. The average Bonchev–Trinajstić information content (AvgIpc) is 3.18. The highest BCUT2D eigenvalue weighted by Gasteiger charge is 2.34. The van der Waals surface area contributed by atoms with Crippen molar-refractivity contribution in [3.8, 4) is 11.5 Å². The number of benzene rings is 2. The number of carbonyl (C=O) groups is 1. The molecule has 1 atom stereocenters. The van der Waals surface area contributed by atoms with E-state index in [9.17, 15) is 9.59 Å². The fourth-order valence-electron chi connectivity index (χ4n) is 4.41. The van der Waals surface area contributed by atoms with E-state index < -0.39 is 6.04 Å². The van der Waals surface area contributed by atoms with Gasteiger partial charge in [0.2, 0.25) is 0 Å². The number of hydrogen-bond acceptors (Lipinski definition) is 6. The maximum Gasteiger partial charge on any atom is 0.271 e. The first-order valence-corrected chi connectivity index (χ1v) is 14.0. The molecule has 1 amide bonds. The molecule has 10 heteroatoms. The first-order chi connectivity index (χ1) is 17.7. The molecule has 0 fully saturated rings. The summed E-state index contributed by atoms with van der Waals surface area (Å²) in [7, 11) is 3.17. The molecule has 0 spiro atoms. The third-order valence-electron chi connectivity index (χ3n) is 6.24. The maximum atomic E-state index is 13.9. The fourth-order valence-corrected chi connectivity index (χ4v) is 6.43. The second-order valence-corrected chi connectivity index (χ2v) is 11.0. The molecule has 0 N–H and O–H groups in total. The highest BCUT2D eigenvalue weighted by atomic mass is 127. The van der Waals surface area contributed by atoms with Gasteiger partial charge in [-0.3, -0.25) is 14.2 Å². The maximum absolute atomic E-state index is 13.9. The van der Waals surface area contributed by atoms with Gasteiger partial charge in [-0.15, -0.1) is 0 Å². The van der Waals surface area contributed by atoms with E-state index in [2.05, 4.69) is 22.6 Å². The lowest BCUT2D eigenvalue weighted by molar-refractivity contribution is -0.127. The fraction of sp³-hybridized carbons (Fsp3) is 0.296. The van der Waals surface area contributed by atoms with Gasteiger partial charge in [-0.2, -0.15) is 0 Å². The summed E-state index contributed by atoms with van der Waals surface area (Å²) < 4.78 is 13.9. The summed E-state index contributed by atoms with van der Waals surface area (Å²) in [6.07, 6.45) is 1.82. The van der Waals surface area contributed by atoms with Gasteiger partial charge in [0.15, 0.2) is 16.3 Å². The second-order valence-electron chi connectivity index (χ2n) is 8.35. The number of thiazole rings is 1. The van der Waals surface area contributed by atoms with Gasteiger partial charge in [0, 0.05) is 18.1 Å². The molecule has 4 rings (SSSR count). The number of nitrogens with zero attached hydrogens (tertiary/aromatic N) is 3. The van der Waals surface area contributed by atoms with Crippen molar-refractivity contribution in [2.24, 2.45) is 4.99 Å². The molecule has 0 bridgehead atoms. The molecule has 0 saturated heterocycles. The molecule has 0 unspecified atom stereocenters. The molecule has 1 aliphatic rings. The van der Waals surface area contributed by atoms with Crippen LogP contribution in [-0.4, -0.2) is 42.7 Å². The number of halogens is 2. The van der Waals surface area contributed by atoms with Crippen molar-refractivity contribution in [2.45, 2.75) is 26.8 Å². The summed E-state index contributed by atoms with van der Waals surface area (Å²) in [6, 6.07) is 10.4. The predicted octanol–water partition coefficient (Wildman–Crippen LogP) is 4.38.